The number of benzene rings is 1. The second-order valence-corrected chi connectivity index (χ2v) is 8.05. The van der Waals surface area contributed by atoms with Crippen LogP contribution < -0.4 is 5.32 Å². The predicted molar refractivity (Wildman–Crippen MR) is 95.0 cm³/mol. The molecule has 22 heavy (non-hydrogen) atoms. The lowest BCUT2D eigenvalue weighted by Gasteiger charge is -2.30. The minimum Gasteiger partial charge on any atom is -0.342 e. The van der Waals surface area contributed by atoms with Crippen LogP contribution in [0, 0.1) is 5.41 Å². The number of thiocarbonyl (C=S) groups is 1. The number of carbonyl (C=O) groups is 1. The molecule has 0 aliphatic heterocycles. The fourth-order valence-corrected chi connectivity index (χ4v) is 3.30. The fourth-order valence-electron chi connectivity index (χ4n) is 2.22. The first-order valence-corrected chi connectivity index (χ1v) is 8.37. The highest BCUT2D eigenvalue weighted by molar-refractivity contribution is 7.80. The highest BCUT2D eigenvalue weighted by Gasteiger charge is 2.68. The molecule has 1 aliphatic rings. The molecule has 1 aromatic carbocycles. The van der Waals surface area contributed by atoms with E-state index < -0.39 is 9.75 Å². The summed E-state index contributed by atoms with van der Waals surface area (Å²) < 4.78 is -0.991. The molecule has 1 saturated carbocycles. The third-order valence-electron chi connectivity index (χ3n) is 4.06. The minimum atomic E-state index is -0.991. The molecule has 0 saturated heterocycles. The van der Waals surface area contributed by atoms with Crippen molar-refractivity contribution in [3.05, 3.63) is 35.9 Å². The Morgan fingerprint density at radius 3 is 2.36 bits per heavy atom. The van der Waals surface area contributed by atoms with Crippen LogP contribution in [0.1, 0.15) is 32.8 Å². The van der Waals surface area contributed by atoms with E-state index in [-0.39, 0.29) is 11.9 Å². The molecular formula is C16H20Cl2N2OS. The van der Waals surface area contributed by atoms with Gasteiger partial charge in [-0.05, 0) is 45.0 Å². The monoisotopic (exact) mass is 358 g/mol. The Bertz CT molecular complexity index is 577. The van der Waals surface area contributed by atoms with E-state index in [1.54, 1.807) is 6.92 Å². The maximum atomic E-state index is 12.3. The quantitative estimate of drug-likeness (QED) is 0.654. The average molecular weight is 359 g/mol. The van der Waals surface area contributed by atoms with Crippen molar-refractivity contribution in [3.63, 3.8) is 0 Å². The SMILES string of the molecule is CC(C)N(Cc1ccccc1)C(=S)NC(=O)[C@]1(C)CC1(Cl)Cl. The largest absolute Gasteiger partial charge is 0.342 e. The van der Waals surface area contributed by atoms with Gasteiger partial charge in [0.2, 0.25) is 5.91 Å². The van der Waals surface area contributed by atoms with Crippen LogP contribution in [-0.2, 0) is 11.3 Å². The Labute approximate surface area is 147 Å². The zero-order valence-electron chi connectivity index (χ0n) is 12.9. The second kappa shape index (κ2) is 6.34. The highest BCUT2D eigenvalue weighted by atomic mass is 35.5. The van der Waals surface area contributed by atoms with Crippen molar-refractivity contribution in [2.45, 2.75) is 44.1 Å². The zero-order chi connectivity index (χ0) is 16.5. The van der Waals surface area contributed by atoms with Crippen molar-refractivity contribution in [3.8, 4) is 0 Å². The molecule has 120 valence electrons. The molecule has 1 aromatic rings. The van der Waals surface area contributed by atoms with E-state index in [4.69, 9.17) is 35.4 Å². The van der Waals surface area contributed by atoms with Gasteiger partial charge in [-0.25, -0.2) is 0 Å². The number of nitrogens with one attached hydrogen (secondary N) is 1. The number of rotatable bonds is 4. The molecule has 0 unspecified atom stereocenters. The van der Waals surface area contributed by atoms with Gasteiger partial charge in [-0.2, -0.15) is 0 Å². The van der Waals surface area contributed by atoms with Crippen LogP contribution >= 0.6 is 35.4 Å². The summed E-state index contributed by atoms with van der Waals surface area (Å²) in [5.74, 6) is -0.221. The first-order valence-electron chi connectivity index (χ1n) is 7.21. The molecule has 0 radical (unpaired) electrons. The van der Waals surface area contributed by atoms with Gasteiger partial charge in [0.05, 0.1) is 5.41 Å². The zero-order valence-corrected chi connectivity index (χ0v) is 15.2. The summed E-state index contributed by atoms with van der Waals surface area (Å²) in [4.78, 5) is 14.3. The van der Waals surface area contributed by atoms with Gasteiger partial charge >= 0.3 is 0 Å². The molecule has 3 nitrogen and oxygen atoms in total. The number of nitrogens with zero attached hydrogens (tertiary/aromatic N) is 1. The van der Waals surface area contributed by atoms with E-state index in [1.807, 2.05) is 49.1 Å². The van der Waals surface area contributed by atoms with E-state index in [0.29, 0.717) is 18.1 Å². The summed E-state index contributed by atoms with van der Waals surface area (Å²) in [5.41, 5.74) is 0.365. The van der Waals surface area contributed by atoms with Crippen LogP contribution in [0.4, 0.5) is 0 Å². The van der Waals surface area contributed by atoms with E-state index in [0.717, 1.165) is 5.56 Å². The molecule has 0 bridgehead atoms. The molecular weight excluding hydrogens is 339 g/mol. The van der Waals surface area contributed by atoms with E-state index in [1.165, 1.54) is 0 Å². The normalized spacial score (nSPS) is 22.3. The summed E-state index contributed by atoms with van der Waals surface area (Å²) in [5, 5.41) is 3.19. The molecule has 1 aliphatic carbocycles. The molecule has 1 atom stereocenters. The second-order valence-electron chi connectivity index (χ2n) is 6.18. The number of hydrogen-bond donors (Lipinski definition) is 1. The molecule has 0 spiro atoms. The van der Waals surface area contributed by atoms with Gasteiger partial charge in [-0.1, -0.05) is 30.3 Å². The maximum absolute atomic E-state index is 12.3. The third-order valence-corrected chi connectivity index (χ3v) is 5.50. The smallest absolute Gasteiger partial charge is 0.235 e. The Morgan fingerprint density at radius 1 is 1.36 bits per heavy atom. The predicted octanol–water partition coefficient (Wildman–Crippen LogP) is 3.88. The lowest BCUT2D eigenvalue weighted by atomic mass is 10.1. The first-order chi connectivity index (χ1) is 10.2. The van der Waals surface area contributed by atoms with Gasteiger partial charge in [0, 0.05) is 12.6 Å². The van der Waals surface area contributed by atoms with Crippen LogP contribution in [0.5, 0.6) is 0 Å². The summed E-state index contributed by atoms with van der Waals surface area (Å²) in [6.45, 7) is 6.46. The molecule has 0 heterocycles. The molecule has 6 heteroatoms. The maximum Gasteiger partial charge on any atom is 0.235 e. The Morgan fingerprint density at radius 2 is 1.91 bits per heavy atom. The van der Waals surface area contributed by atoms with Crippen LogP contribution in [0.15, 0.2) is 30.3 Å². The summed E-state index contributed by atoms with van der Waals surface area (Å²) in [6.07, 6.45) is 0.442. The van der Waals surface area contributed by atoms with Gasteiger partial charge in [-0.15, -0.1) is 23.2 Å². The van der Waals surface area contributed by atoms with Gasteiger partial charge in [-0.3, -0.25) is 4.79 Å². The van der Waals surface area contributed by atoms with Crippen molar-refractivity contribution >= 4 is 46.4 Å². The van der Waals surface area contributed by atoms with Crippen molar-refractivity contribution in [1.29, 1.82) is 0 Å². The van der Waals surface area contributed by atoms with E-state index in [9.17, 15) is 4.79 Å². The summed E-state index contributed by atoms with van der Waals surface area (Å²) >= 11 is 17.5. The molecule has 2 rings (SSSR count). The topological polar surface area (TPSA) is 32.3 Å². The van der Waals surface area contributed by atoms with E-state index >= 15 is 0 Å². The molecule has 0 aromatic heterocycles. The minimum absolute atomic E-state index is 0.164. The molecule has 1 amide bonds. The Kier molecular flexibility index (Phi) is 5.05. The van der Waals surface area contributed by atoms with Crippen molar-refractivity contribution in [2.75, 3.05) is 0 Å². The third kappa shape index (κ3) is 3.55. The lowest BCUT2D eigenvalue weighted by Crippen LogP contribution is -2.48. The van der Waals surface area contributed by atoms with E-state index in [2.05, 4.69) is 5.32 Å². The van der Waals surface area contributed by atoms with Crippen molar-refractivity contribution in [1.82, 2.24) is 10.2 Å². The number of hydrogen-bond acceptors (Lipinski definition) is 2. The van der Waals surface area contributed by atoms with Crippen LogP contribution in [0.2, 0.25) is 0 Å². The molecule has 1 N–H and O–H groups in total. The van der Waals surface area contributed by atoms with Crippen LogP contribution in [-0.4, -0.2) is 26.3 Å². The lowest BCUT2D eigenvalue weighted by molar-refractivity contribution is -0.124. The summed E-state index contributed by atoms with van der Waals surface area (Å²) in [6, 6.07) is 10.2. The first kappa shape index (κ1) is 17.5. The van der Waals surface area contributed by atoms with Crippen LogP contribution in [0.3, 0.4) is 0 Å². The number of carbonyl (C=O) groups excluding carboxylic acids is 1. The Hall–Kier alpha value is -0.840. The summed E-state index contributed by atoms with van der Waals surface area (Å²) in [7, 11) is 0. The van der Waals surface area contributed by atoms with Crippen molar-refractivity contribution < 1.29 is 4.79 Å². The Balaban J connectivity index is 2.03. The van der Waals surface area contributed by atoms with Gasteiger partial charge in [0.1, 0.15) is 4.33 Å². The van der Waals surface area contributed by atoms with Gasteiger partial charge in [0.25, 0.3) is 0 Å². The molecule has 1 fully saturated rings. The standard InChI is InChI=1S/C16H20Cl2N2OS/c1-11(2)20(9-12-7-5-4-6-8-12)14(22)19-13(21)15(3)10-16(15,17)18/h4-8,11H,9-10H2,1-3H3,(H,19,21,22)/t15-/m0/s1. The fraction of sp³-hybridized carbons (Fsp3) is 0.500. The number of halogens is 2. The van der Waals surface area contributed by atoms with Crippen molar-refractivity contribution in [2.24, 2.45) is 5.41 Å². The van der Waals surface area contributed by atoms with Crippen LogP contribution in [0.25, 0.3) is 0 Å². The van der Waals surface area contributed by atoms with Gasteiger partial charge in [0.15, 0.2) is 5.11 Å². The number of amides is 1. The highest BCUT2D eigenvalue weighted by Crippen LogP contribution is 2.63. The van der Waals surface area contributed by atoms with Gasteiger partial charge < -0.3 is 10.2 Å². The average Bonchev–Trinajstić information content (AvgIpc) is 2.97. The number of alkyl halides is 2.